The number of nitrogens with one attached hydrogen (secondary N) is 1. The van der Waals surface area contributed by atoms with Gasteiger partial charge in [-0.1, -0.05) is 13.8 Å². The van der Waals surface area contributed by atoms with Crippen LogP contribution in [0.4, 0.5) is 5.69 Å². The molecule has 0 aliphatic carbocycles. The largest absolute Gasteiger partial charge is 0.380 e. The molecule has 0 bridgehead atoms. The van der Waals surface area contributed by atoms with Crippen molar-refractivity contribution in [3.63, 3.8) is 0 Å². The number of pyridine rings is 1. The SMILES string of the molecule is Cc1cc(NC(CN)CC(C)C)c(C(N)=O)c(C)n1. The molecule has 1 rings (SSSR count). The smallest absolute Gasteiger partial charge is 0.252 e. The molecule has 1 aromatic rings. The highest BCUT2D eigenvalue weighted by Gasteiger charge is 2.17. The van der Waals surface area contributed by atoms with E-state index in [1.54, 1.807) is 6.92 Å². The van der Waals surface area contributed by atoms with Gasteiger partial charge in [0.05, 0.1) is 16.9 Å². The van der Waals surface area contributed by atoms with Crippen LogP contribution in [0.3, 0.4) is 0 Å². The molecule has 1 amide bonds. The monoisotopic (exact) mass is 264 g/mol. The van der Waals surface area contributed by atoms with E-state index in [1.165, 1.54) is 0 Å². The summed E-state index contributed by atoms with van der Waals surface area (Å²) in [6.07, 6.45) is 0.940. The molecule has 0 saturated heterocycles. The number of carbonyl (C=O) groups excluding carboxylic acids is 1. The maximum absolute atomic E-state index is 11.6. The van der Waals surface area contributed by atoms with E-state index >= 15 is 0 Å². The second-order valence-electron chi connectivity index (χ2n) is 5.34. The minimum atomic E-state index is -0.465. The third kappa shape index (κ3) is 4.21. The van der Waals surface area contributed by atoms with E-state index in [4.69, 9.17) is 11.5 Å². The second kappa shape index (κ2) is 6.52. The Hall–Kier alpha value is -1.62. The number of aromatic nitrogens is 1. The van der Waals surface area contributed by atoms with E-state index in [-0.39, 0.29) is 6.04 Å². The van der Waals surface area contributed by atoms with Gasteiger partial charge in [-0.05, 0) is 32.3 Å². The summed E-state index contributed by atoms with van der Waals surface area (Å²) < 4.78 is 0. The van der Waals surface area contributed by atoms with E-state index in [2.05, 4.69) is 24.1 Å². The van der Waals surface area contributed by atoms with Crippen molar-refractivity contribution < 1.29 is 4.79 Å². The van der Waals surface area contributed by atoms with E-state index < -0.39 is 5.91 Å². The number of nitrogens with zero attached hydrogens (tertiary/aromatic N) is 1. The lowest BCUT2D eigenvalue weighted by molar-refractivity contribution is 0.1000. The predicted octanol–water partition coefficient (Wildman–Crippen LogP) is 1.58. The van der Waals surface area contributed by atoms with Crippen LogP contribution >= 0.6 is 0 Å². The van der Waals surface area contributed by atoms with Crippen LogP contribution in [0.15, 0.2) is 6.07 Å². The summed E-state index contributed by atoms with van der Waals surface area (Å²) in [5.74, 6) is 0.0647. The fourth-order valence-electron chi connectivity index (χ4n) is 2.26. The number of aryl methyl sites for hydroxylation is 2. The molecule has 0 fully saturated rings. The summed E-state index contributed by atoms with van der Waals surface area (Å²) in [6, 6.07) is 1.97. The first-order valence-electron chi connectivity index (χ1n) is 6.59. The van der Waals surface area contributed by atoms with Gasteiger partial charge in [0.1, 0.15) is 0 Å². The molecule has 5 nitrogen and oxygen atoms in total. The van der Waals surface area contributed by atoms with E-state index in [1.807, 2.05) is 13.0 Å². The topological polar surface area (TPSA) is 94.0 Å². The molecular weight excluding hydrogens is 240 g/mol. The predicted molar refractivity (Wildman–Crippen MR) is 78.1 cm³/mol. The molecule has 1 heterocycles. The van der Waals surface area contributed by atoms with Crippen LogP contribution in [-0.4, -0.2) is 23.5 Å². The molecule has 0 aliphatic heterocycles. The Balaban J connectivity index is 3.07. The molecule has 19 heavy (non-hydrogen) atoms. The van der Waals surface area contributed by atoms with Crippen LogP contribution in [0.2, 0.25) is 0 Å². The fraction of sp³-hybridized carbons (Fsp3) is 0.571. The second-order valence-corrected chi connectivity index (χ2v) is 5.34. The zero-order valence-corrected chi connectivity index (χ0v) is 12.2. The number of carbonyl (C=O) groups is 1. The molecule has 5 N–H and O–H groups in total. The Bertz CT molecular complexity index is 457. The van der Waals surface area contributed by atoms with E-state index in [0.29, 0.717) is 23.7 Å². The Kier molecular flexibility index (Phi) is 5.30. The van der Waals surface area contributed by atoms with Crippen LogP contribution in [0.25, 0.3) is 0 Å². The molecule has 0 aromatic carbocycles. The lowest BCUT2D eigenvalue weighted by Crippen LogP contribution is -2.31. The van der Waals surface area contributed by atoms with Gasteiger partial charge in [0.15, 0.2) is 0 Å². The lowest BCUT2D eigenvalue weighted by atomic mass is 10.0. The van der Waals surface area contributed by atoms with Crippen molar-refractivity contribution in [3.05, 3.63) is 23.0 Å². The Morgan fingerprint density at radius 3 is 2.53 bits per heavy atom. The van der Waals surface area contributed by atoms with E-state index in [0.717, 1.165) is 17.8 Å². The number of amides is 1. The number of rotatable bonds is 6. The summed E-state index contributed by atoms with van der Waals surface area (Å²) >= 11 is 0. The van der Waals surface area contributed by atoms with Crippen molar-refractivity contribution in [3.8, 4) is 0 Å². The van der Waals surface area contributed by atoms with Crippen LogP contribution < -0.4 is 16.8 Å². The minimum Gasteiger partial charge on any atom is -0.380 e. The zero-order valence-electron chi connectivity index (χ0n) is 12.2. The maximum atomic E-state index is 11.6. The third-order valence-corrected chi connectivity index (χ3v) is 2.97. The van der Waals surface area contributed by atoms with Crippen LogP contribution in [0.1, 0.15) is 42.0 Å². The standard InChI is InChI=1S/C14H24N4O/c1-8(2)5-11(7-15)18-12-6-9(3)17-10(4)13(12)14(16)19/h6,8,11H,5,7,15H2,1-4H3,(H2,16,19)(H,17,18). The summed E-state index contributed by atoms with van der Waals surface area (Å²) in [6.45, 7) is 8.47. The van der Waals surface area contributed by atoms with Crippen LogP contribution in [0.5, 0.6) is 0 Å². The summed E-state index contributed by atoms with van der Waals surface area (Å²) in [5, 5.41) is 3.33. The average molecular weight is 264 g/mol. The molecule has 1 atom stereocenters. The molecule has 1 unspecified atom stereocenters. The number of primary amides is 1. The first-order chi connectivity index (χ1) is 8.85. The lowest BCUT2D eigenvalue weighted by Gasteiger charge is -2.22. The van der Waals surface area contributed by atoms with Gasteiger partial charge in [0.2, 0.25) is 0 Å². The number of hydrogen-bond acceptors (Lipinski definition) is 4. The van der Waals surface area contributed by atoms with Gasteiger partial charge in [0, 0.05) is 18.3 Å². The van der Waals surface area contributed by atoms with E-state index in [9.17, 15) is 4.79 Å². The Labute approximate surface area is 114 Å². The summed E-state index contributed by atoms with van der Waals surface area (Å²) in [7, 11) is 0. The molecule has 0 radical (unpaired) electrons. The molecule has 1 aromatic heterocycles. The zero-order chi connectivity index (χ0) is 14.6. The molecule has 0 spiro atoms. The molecular formula is C14H24N4O. The van der Waals surface area contributed by atoms with Gasteiger partial charge >= 0.3 is 0 Å². The number of anilines is 1. The van der Waals surface area contributed by atoms with Crippen molar-refractivity contribution in [2.45, 2.75) is 40.2 Å². The van der Waals surface area contributed by atoms with Gasteiger partial charge in [0.25, 0.3) is 5.91 Å². The van der Waals surface area contributed by atoms with Gasteiger partial charge in [-0.25, -0.2) is 0 Å². The molecule has 0 saturated carbocycles. The average Bonchev–Trinajstić information content (AvgIpc) is 2.25. The Morgan fingerprint density at radius 2 is 2.05 bits per heavy atom. The quantitative estimate of drug-likeness (QED) is 0.727. The highest BCUT2D eigenvalue weighted by Crippen LogP contribution is 2.21. The number of nitrogens with two attached hydrogens (primary N) is 2. The maximum Gasteiger partial charge on any atom is 0.252 e. The first kappa shape index (κ1) is 15.4. The van der Waals surface area contributed by atoms with Crippen LogP contribution in [-0.2, 0) is 0 Å². The summed E-state index contributed by atoms with van der Waals surface area (Å²) in [4.78, 5) is 15.8. The Morgan fingerprint density at radius 1 is 1.42 bits per heavy atom. The molecule has 0 aliphatic rings. The highest BCUT2D eigenvalue weighted by atomic mass is 16.1. The van der Waals surface area contributed by atoms with Gasteiger partial charge in [-0.2, -0.15) is 0 Å². The third-order valence-electron chi connectivity index (χ3n) is 2.97. The van der Waals surface area contributed by atoms with Crippen LogP contribution in [0, 0.1) is 19.8 Å². The van der Waals surface area contributed by atoms with Gasteiger partial charge in [-0.15, -0.1) is 0 Å². The van der Waals surface area contributed by atoms with Crippen molar-refractivity contribution >= 4 is 11.6 Å². The normalized spacial score (nSPS) is 12.5. The highest BCUT2D eigenvalue weighted by molar-refractivity contribution is 5.99. The summed E-state index contributed by atoms with van der Waals surface area (Å²) in [5.41, 5.74) is 13.9. The van der Waals surface area contributed by atoms with Crippen molar-refractivity contribution in [1.29, 1.82) is 0 Å². The van der Waals surface area contributed by atoms with Gasteiger partial charge in [-0.3, -0.25) is 9.78 Å². The molecule has 106 valence electrons. The number of hydrogen-bond donors (Lipinski definition) is 3. The fourth-order valence-corrected chi connectivity index (χ4v) is 2.26. The molecule has 5 heteroatoms. The minimum absolute atomic E-state index is 0.124. The van der Waals surface area contributed by atoms with Crippen molar-refractivity contribution in [1.82, 2.24) is 4.98 Å². The van der Waals surface area contributed by atoms with Crippen molar-refractivity contribution in [2.75, 3.05) is 11.9 Å². The van der Waals surface area contributed by atoms with Crippen molar-refractivity contribution in [2.24, 2.45) is 17.4 Å². The van der Waals surface area contributed by atoms with Gasteiger partial charge < -0.3 is 16.8 Å². The first-order valence-corrected chi connectivity index (χ1v) is 6.59.